The van der Waals surface area contributed by atoms with Crippen LogP contribution in [0, 0.1) is 6.92 Å². The van der Waals surface area contributed by atoms with Crippen molar-refractivity contribution in [1.82, 2.24) is 24.6 Å². The summed E-state index contributed by atoms with van der Waals surface area (Å²) < 4.78 is 1.54. The van der Waals surface area contributed by atoms with Crippen LogP contribution in [0.15, 0.2) is 59.5 Å². The zero-order valence-corrected chi connectivity index (χ0v) is 21.5. The SMILES string of the molecule is Cc1ccccc1-n1nc(C2CCCC2)c2nc(Nc3ccc(N4CCN(C)CC4)cc3)ncc2c1=O. The van der Waals surface area contributed by atoms with Crippen LogP contribution >= 0.6 is 0 Å². The number of fused-ring (bicyclic) bond motifs is 1. The Morgan fingerprint density at radius 2 is 1.68 bits per heavy atom. The Bertz CT molecular complexity index is 1470. The maximum atomic E-state index is 13.5. The number of aromatic nitrogens is 4. The molecule has 190 valence electrons. The number of piperazine rings is 1. The van der Waals surface area contributed by atoms with Crippen LogP contribution < -0.4 is 15.8 Å². The van der Waals surface area contributed by atoms with Gasteiger partial charge in [0.05, 0.1) is 16.8 Å². The van der Waals surface area contributed by atoms with Crippen molar-refractivity contribution in [3.8, 4) is 5.69 Å². The van der Waals surface area contributed by atoms with Gasteiger partial charge in [0.25, 0.3) is 5.56 Å². The summed E-state index contributed by atoms with van der Waals surface area (Å²) >= 11 is 0. The molecule has 4 aromatic rings. The Morgan fingerprint density at radius 3 is 2.41 bits per heavy atom. The maximum absolute atomic E-state index is 13.5. The Kier molecular flexibility index (Phi) is 6.34. The monoisotopic (exact) mass is 495 g/mol. The van der Waals surface area contributed by atoms with Gasteiger partial charge in [-0.15, -0.1) is 0 Å². The molecule has 2 fully saturated rings. The fraction of sp³-hybridized carbons (Fsp3) is 0.379. The fourth-order valence-electron chi connectivity index (χ4n) is 5.50. The third-order valence-corrected chi connectivity index (χ3v) is 7.74. The summed E-state index contributed by atoms with van der Waals surface area (Å²) in [4.78, 5) is 27.7. The smallest absolute Gasteiger partial charge is 0.282 e. The van der Waals surface area contributed by atoms with E-state index in [1.165, 1.54) is 18.5 Å². The number of benzene rings is 2. The lowest BCUT2D eigenvalue weighted by atomic mass is 10.0. The maximum Gasteiger partial charge on any atom is 0.282 e. The van der Waals surface area contributed by atoms with E-state index in [1.807, 2.05) is 31.2 Å². The summed E-state index contributed by atoms with van der Waals surface area (Å²) in [6, 6.07) is 16.3. The van der Waals surface area contributed by atoms with E-state index in [1.54, 1.807) is 10.9 Å². The lowest BCUT2D eigenvalue weighted by molar-refractivity contribution is 0.313. The van der Waals surface area contributed by atoms with Gasteiger partial charge in [0.2, 0.25) is 5.95 Å². The summed E-state index contributed by atoms with van der Waals surface area (Å²) in [6.07, 6.45) is 6.13. The van der Waals surface area contributed by atoms with Gasteiger partial charge in [-0.2, -0.15) is 9.78 Å². The van der Waals surface area contributed by atoms with E-state index in [0.29, 0.717) is 22.8 Å². The highest BCUT2D eigenvalue weighted by Gasteiger charge is 2.25. The first-order chi connectivity index (χ1) is 18.1. The highest BCUT2D eigenvalue weighted by atomic mass is 16.1. The van der Waals surface area contributed by atoms with Crippen LogP contribution in [-0.2, 0) is 0 Å². The number of nitrogens with one attached hydrogen (secondary N) is 1. The van der Waals surface area contributed by atoms with E-state index < -0.39 is 0 Å². The summed E-state index contributed by atoms with van der Waals surface area (Å²) in [5.41, 5.74) is 5.32. The van der Waals surface area contributed by atoms with Gasteiger partial charge in [-0.3, -0.25) is 4.79 Å². The molecule has 1 aliphatic heterocycles. The summed E-state index contributed by atoms with van der Waals surface area (Å²) in [5.74, 6) is 0.776. The van der Waals surface area contributed by atoms with Gasteiger partial charge in [0.15, 0.2) is 0 Å². The third kappa shape index (κ3) is 4.69. The average Bonchev–Trinajstić information content (AvgIpc) is 3.45. The second-order valence-corrected chi connectivity index (χ2v) is 10.3. The number of para-hydroxylation sites is 1. The first-order valence-corrected chi connectivity index (χ1v) is 13.2. The molecule has 0 spiro atoms. The highest BCUT2D eigenvalue weighted by molar-refractivity contribution is 5.81. The molecule has 8 heteroatoms. The topological polar surface area (TPSA) is 79.2 Å². The molecule has 0 unspecified atom stereocenters. The van der Waals surface area contributed by atoms with Crippen molar-refractivity contribution in [2.24, 2.45) is 0 Å². The fourth-order valence-corrected chi connectivity index (χ4v) is 5.50. The number of rotatable bonds is 5. The zero-order chi connectivity index (χ0) is 25.4. The zero-order valence-electron chi connectivity index (χ0n) is 21.5. The van der Waals surface area contributed by atoms with Gasteiger partial charge in [-0.05, 0) is 62.7 Å². The molecule has 6 rings (SSSR count). The molecule has 2 aliphatic rings. The van der Waals surface area contributed by atoms with Crippen molar-refractivity contribution in [3.05, 3.63) is 76.3 Å². The van der Waals surface area contributed by atoms with Gasteiger partial charge in [0, 0.05) is 49.7 Å². The molecule has 3 heterocycles. The van der Waals surface area contributed by atoms with Gasteiger partial charge in [-0.25, -0.2) is 9.97 Å². The number of hydrogen-bond acceptors (Lipinski definition) is 7. The molecular formula is C29H33N7O. The molecule has 1 aliphatic carbocycles. The van der Waals surface area contributed by atoms with Crippen LogP contribution in [0.25, 0.3) is 16.6 Å². The Balaban J connectivity index is 1.34. The number of likely N-dealkylation sites (N-methyl/N-ethyl adjacent to an activating group) is 1. The molecule has 37 heavy (non-hydrogen) atoms. The van der Waals surface area contributed by atoms with Crippen LogP contribution in [0.1, 0.15) is 42.9 Å². The van der Waals surface area contributed by atoms with E-state index in [9.17, 15) is 4.79 Å². The lowest BCUT2D eigenvalue weighted by Gasteiger charge is -2.34. The highest BCUT2D eigenvalue weighted by Crippen LogP contribution is 2.35. The van der Waals surface area contributed by atoms with Gasteiger partial charge < -0.3 is 15.1 Å². The Hall–Kier alpha value is -3.78. The standard InChI is InChI=1S/C29H33N7O/c1-20-7-3-6-10-25(20)36-28(37)24-19-30-29(32-27(24)26(33-36)21-8-4-5-9-21)31-22-11-13-23(14-12-22)35-17-15-34(2)16-18-35/h3,6-7,10-14,19,21H,4-5,8-9,15-18H2,1-2H3,(H,30,31,32). The molecule has 1 saturated carbocycles. The van der Waals surface area contributed by atoms with E-state index in [2.05, 4.69) is 51.4 Å². The predicted molar refractivity (Wildman–Crippen MR) is 148 cm³/mol. The van der Waals surface area contributed by atoms with Crippen molar-refractivity contribution in [1.29, 1.82) is 0 Å². The Morgan fingerprint density at radius 1 is 0.946 bits per heavy atom. The van der Waals surface area contributed by atoms with E-state index in [0.717, 1.165) is 61.7 Å². The van der Waals surface area contributed by atoms with Gasteiger partial charge >= 0.3 is 0 Å². The summed E-state index contributed by atoms with van der Waals surface area (Å²) in [6.45, 7) is 6.23. The van der Waals surface area contributed by atoms with E-state index in [4.69, 9.17) is 10.1 Å². The Labute approximate surface area is 217 Å². The molecular weight excluding hydrogens is 462 g/mol. The first-order valence-electron chi connectivity index (χ1n) is 13.2. The summed E-state index contributed by atoms with van der Waals surface area (Å²) in [5, 5.41) is 8.76. The van der Waals surface area contributed by atoms with Crippen molar-refractivity contribution in [2.45, 2.75) is 38.5 Å². The first kappa shape index (κ1) is 23.6. The van der Waals surface area contributed by atoms with Crippen molar-refractivity contribution >= 4 is 28.2 Å². The van der Waals surface area contributed by atoms with Crippen molar-refractivity contribution in [3.63, 3.8) is 0 Å². The van der Waals surface area contributed by atoms with E-state index >= 15 is 0 Å². The van der Waals surface area contributed by atoms with Gasteiger partial charge in [-0.1, -0.05) is 31.0 Å². The molecule has 0 bridgehead atoms. The second-order valence-electron chi connectivity index (χ2n) is 10.3. The average molecular weight is 496 g/mol. The molecule has 1 N–H and O–H groups in total. The van der Waals surface area contributed by atoms with Crippen molar-refractivity contribution in [2.75, 3.05) is 43.4 Å². The largest absolute Gasteiger partial charge is 0.369 e. The number of hydrogen-bond donors (Lipinski definition) is 1. The van der Waals surface area contributed by atoms with Crippen LogP contribution in [0.4, 0.5) is 17.3 Å². The minimum absolute atomic E-state index is 0.186. The van der Waals surface area contributed by atoms with E-state index in [-0.39, 0.29) is 5.56 Å². The van der Waals surface area contributed by atoms with Crippen LogP contribution in [0.5, 0.6) is 0 Å². The second kappa shape index (κ2) is 9.94. The molecule has 0 amide bonds. The normalized spacial score (nSPS) is 17.0. The minimum atomic E-state index is -0.186. The number of nitrogens with zero attached hydrogens (tertiary/aromatic N) is 6. The molecule has 2 aromatic heterocycles. The van der Waals surface area contributed by atoms with Crippen molar-refractivity contribution < 1.29 is 0 Å². The van der Waals surface area contributed by atoms with Gasteiger partial charge in [0.1, 0.15) is 5.52 Å². The molecule has 0 radical (unpaired) electrons. The number of aryl methyl sites for hydroxylation is 1. The number of anilines is 3. The third-order valence-electron chi connectivity index (χ3n) is 7.74. The molecule has 0 atom stereocenters. The van der Waals surface area contributed by atoms with Crippen LogP contribution in [-0.4, -0.2) is 57.9 Å². The lowest BCUT2D eigenvalue weighted by Crippen LogP contribution is -2.44. The minimum Gasteiger partial charge on any atom is -0.369 e. The predicted octanol–water partition coefficient (Wildman–Crippen LogP) is 4.64. The molecule has 1 saturated heterocycles. The summed E-state index contributed by atoms with van der Waals surface area (Å²) in [7, 11) is 2.17. The van der Waals surface area contributed by atoms with Crippen LogP contribution in [0.2, 0.25) is 0 Å². The molecule has 8 nitrogen and oxygen atoms in total. The van der Waals surface area contributed by atoms with Crippen LogP contribution in [0.3, 0.4) is 0 Å². The molecule has 2 aromatic carbocycles. The quantitative estimate of drug-likeness (QED) is 0.432.